The number of piperidine rings is 1. The van der Waals surface area contributed by atoms with Crippen LogP contribution < -0.4 is 10.3 Å². The fourth-order valence-electron chi connectivity index (χ4n) is 4.93. The summed E-state index contributed by atoms with van der Waals surface area (Å²) in [7, 11) is 0. The average molecular weight is 454 g/mol. The molecule has 0 N–H and O–H groups in total. The molecule has 0 aliphatic carbocycles. The van der Waals surface area contributed by atoms with E-state index in [4.69, 9.17) is 0 Å². The van der Waals surface area contributed by atoms with Gasteiger partial charge in [0.25, 0.3) is 11.5 Å². The molecule has 5 rings (SSSR count). The lowest BCUT2D eigenvalue weighted by atomic mass is 9.82. The van der Waals surface area contributed by atoms with E-state index in [1.165, 1.54) is 24.3 Å². The van der Waals surface area contributed by atoms with Crippen LogP contribution in [-0.4, -0.2) is 34.8 Å². The van der Waals surface area contributed by atoms with Crippen LogP contribution in [0.15, 0.2) is 71.5 Å². The first kappa shape index (κ1) is 21.3. The molecule has 3 heterocycles. The number of benzene rings is 2. The van der Waals surface area contributed by atoms with Gasteiger partial charge < -0.3 is 14.2 Å². The van der Waals surface area contributed by atoms with Crippen LogP contribution in [0.1, 0.15) is 28.4 Å². The molecular formula is C25H21F3N2O3. The second-order valence-corrected chi connectivity index (χ2v) is 8.53. The van der Waals surface area contributed by atoms with Gasteiger partial charge in [0.05, 0.1) is 0 Å². The van der Waals surface area contributed by atoms with Crippen molar-refractivity contribution in [2.75, 3.05) is 13.1 Å². The molecule has 0 spiro atoms. The quantitative estimate of drug-likeness (QED) is 0.578. The molecule has 170 valence electrons. The highest BCUT2D eigenvalue weighted by atomic mass is 19.4. The standard InChI is InChI=1S/C25H21F3N2O3/c26-25(27,28)33-20-8-6-17(7-9-20)21-10-11-22-19-12-16(14-30(22)24(21)32)13-29(15-19)23(31)18-4-2-1-3-5-18/h1-11,16,19H,12-15H2. The van der Waals surface area contributed by atoms with Crippen LogP contribution in [0.3, 0.4) is 0 Å². The van der Waals surface area contributed by atoms with E-state index >= 15 is 0 Å². The number of likely N-dealkylation sites (tertiary alicyclic amines) is 1. The van der Waals surface area contributed by atoms with Crippen molar-refractivity contribution in [2.24, 2.45) is 5.92 Å². The van der Waals surface area contributed by atoms with Gasteiger partial charge in [0.1, 0.15) is 5.75 Å². The van der Waals surface area contributed by atoms with Crippen LogP contribution in [-0.2, 0) is 6.54 Å². The summed E-state index contributed by atoms with van der Waals surface area (Å²) in [5, 5.41) is 0. The van der Waals surface area contributed by atoms with Crippen LogP contribution >= 0.6 is 0 Å². The number of rotatable bonds is 3. The molecule has 3 aromatic rings. The molecule has 5 nitrogen and oxygen atoms in total. The Morgan fingerprint density at radius 1 is 0.909 bits per heavy atom. The van der Waals surface area contributed by atoms with Gasteiger partial charge in [0.2, 0.25) is 0 Å². The van der Waals surface area contributed by atoms with Gasteiger partial charge in [-0.25, -0.2) is 0 Å². The van der Waals surface area contributed by atoms with E-state index in [1.807, 2.05) is 41.3 Å². The van der Waals surface area contributed by atoms with Gasteiger partial charge in [-0.3, -0.25) is 9.59 Å². The zero-order chi connectivity index (χ0) is 23.2. The monoisotopic (exact) mass is 454 g/mol. The number of hydrogen-bond donors (Lipinski definition) is 0. The molecule has 2 aromatic carbocycles. The summed E-state index contributed by atoms with van der Waals surface area (Å²) in [6.45, 7) is 1.64. The van der Waals surface area contributed by atoms with Crippen molar-refractivity contribution in [2.45, 2.75) is 25.2 Å². The maximum atomic E-state index is 13.3. The summed E-state index contributed by atoms with van der Waals surface area (Å²) >= 11 is 0. The molecule has 1 aromatic heterocycles. The minimum Gasteiger partial charge on any atom is -0.406 e. The average Bonchev–Trinajstić information content (AvgIpc) is 2.79. The van der Waals surface area contributed by atoms with E-state index in [1.54, 1.807) is 10.6 Å². The number of amides is 1. The second-order valence-electron chi connectivity index (χ2n) is 8.53. The first-order valence-corrected chi connectivity index (χ1v) is 10.7. The van der Waals surface area contributed by atoms with Crippen LogP contribution in [0.5, 0.6) is 5.75 Å². The number of pyridine rings is 1. The number of carbonyl (C=O) groups is 1. The predicted molar refractivity (Wildman–Crippen MR) is 116 cm³/mol. The topological polar surface area (TPSA) is 51.5 Å². The fraction of sp³-hybridized carbons (Fsp3) is 0.280. The van der Waals surface area contributed by atoms with Crippen LogP contribution in [0.25, 0.3) is 11.1 Å². The first-order valence-electron chi connectivity index (χ1n) is 10.7. The van der Waals surface area contributed by atoms with Crippen LogP contribution in [0.4, 0.5) is 13.2 Å². The molecule has 1 fully saturated rings. The summed E-state index contributed by atoms with van der Waals surface area (Å²) in [5.74, 6) is -0.102. The summed E-state index contributed by atoms with van der Waals surface area (Å²) in [4.78, 5) is 28.1. The Morgan fingerprint density at radius 2 is 1.64 bits per heavy atom. The number of nitrogens with zero attached hydrogens (tertiary/aromatic N) is 2. The summed E-state index contributed by atoms with van der Waals surface area (Å²) in [6, 6.07) is 18.1. The van der Waals surface area contributed by atoms with Crippen molar-refractivity contribution in [1.82, 2.24) is 9.47 Å². The van der Waals surface area contributed by atoms with Crippen molar-refractivity contribution >= 4 is 5.91 Å². The molecule has 2 aliphatic heterocycles. The smallest absolute Gasteiger partial charge is 0.406 e. The Hall–Kier alpha value is -3.55. The van der Waals surface area contributed by atoms with Gasteiger partial charge in [-0.2, -0.15) is 0 Å². The molecular weight excluding hydrogens is 433 g/mol. The Balaban J connectivity index is 1.40. The second kappa shape index (κ2) is 8.10. The fourth-order valence-corrected chi connectivity index (χ4v) is 4.93. The Kier molecular flexibility index (Phi) is 5.23. The lowest BCUT2D eigenvalue weighted by molar-refractivity contribution is -0.274. The van der Waals surface area contributed by atoms with E-state index in [-0.39, 0.29) is 29.1 Å². The Bertz CT molecular complexity index is 1240. The SMILES string of the molecule is O=C(c1ccccc1)N1CC2CC(C1)c1ccc(-c3ccc(OC(F)(F)F)cc3)c(=O)n1C2. The molecule has 2 unspecified atom stereocenters. The number of halogens is 3. The van der Waals surface area contributed by atoms with E-state index in [0.29, 0.717) is 36.3 Å². The van der Waals surface area contributed by atoms with Crippen molar-refractivity contribution in [3.8, 4) is 16.9 Å². The van der Waals surface area contributed by atoms with Crippen molar-refractivity contribution in [3.63, 3.8) is 0 Å². The van der Waals surface area contributed by atoms with Crippen LogP contribution in [0, 0.1) is 5.92 Å². The first-order chi connectivity index (χ1) is 15.8. The van der Waals surface area contributed by atoms with E-state index in [9.17, 15) is 22.8 Å². The molecule has 0 radical (unpaired) electrons. The number of aromatic nitrogens is 1. The van der Waals surface area contributed by atoms with Gasteiger partial charge >= 0.3 is 6.36 Å². The highest BCUT2D eigenvalue weighted by Crippen LogP contribution is 2.36. The maximum Gasteiger partial charge on any atom is 0.573 e. The van der Waals surface area contributed by atoms with Crippen molar-refractivity contribution in [1.29, 1.82) is 0 Å². The Labute approximate surface area is 188 Å². The normalized spacial score (nSPS) is 19.7. The maximum absolute atomic E-state index is 13.3. The predicted octanol–water partition coefficient (Wildman–Crippen LogP) is 4.67. The summed E-state index contributed by atoms with van der Waals surface area (Å²) < 4.78 is 42.9. The highest BCUT2D eigenvalue weighted by molar-refractivity contribution is 5.94. The molecule has 2 bridgehead atoms. The van der Waals surface area contributed by atoms with E-state index < -0.39 is 6.36 Å². The number of alkyl halides is 3. The zero-order valence-corrected chi connectivity index (χ0v) is 17.6. The lowest BCUT2D eigenvalue weighted by Gasteiger charge is -2.43. The summed E-state index contributed by atoms with van der Waals surface area (Å²) in [5.41, 5.74) is 2.33. The minimum atomic E-state index is -4.76. The van der Waals surface area contributed by atoms with Gasteiger partial charge in [0, 0.05) is 42.4 Å². The van der Waals surface area contributed by atoms with Crippen molar-refractivity contribution in [3.05, 3.63) is 88.3 Å². The lowest BCUT2D eigenvalue weighted by Crippen LogP contribution is -2.49. The molecule has 8 heteroatoms. The minimum absolute atomic E-state index is 0.00103. The number of ether oxygens (including phenoxy) is 1. The largest absolute Gasteiger partial charge is 0.573 e. The number of hydrogen-bond acceptors (Lipinski definition) is 3. The van der Waals surface area contributed by atoms with E-state index in [0.717, 1.165) is 12.1 Å². The third-order valence-corrected chi connectivity index (χ3v) is 6.31. The van der Waals surface area contributed by atoms with Gasteiger partial charge in [-0.05, 0) is 54.3 Å². The third kappa shape index (κ3) is 4.25. The van der Waals surface area contributed by atoms with E-state index in [2.05, 4.69) is 4.74 Å². The molecule has 2 atom stereocenters. The molecule has 2 aliphatic rings. The highest BCUT2D eigenvalue weighted by Gasteiger charge is 2.37. The Morgan fingerprint density at radius 3 is 2.33 bits per heavy atom. The van der Waals surface area contributed by atoms with Gasteiger partial charge in [0.15, 0.2) is 0 Å². The third-order valence-electron chi connectivity index (χ3n) is 6.31. The van der Waals surface area contributed by atoms with Gasteiger partial charge in [-0.15, -0.1) is 13.2 Å². The summed E-state index contributed by atoms with van der Waals surface area (Å²) in [6.07, 6.45) is -3.85. The van der Waals surface area contributed by atoms with Crippen LogP contribution in [0.2, 0.25) is 0 Å². The molecule has 1 amide bonds. The molecule has 0 saturated carbocycles. The number of fused-ring (bicyclic) bond motifs is 4. The van der Waals surface area contributed by atoms with Gasteiger partial charge in [-0.1, -0.05) is 30.3 Å². The number of carbonyl (C=O) groups excluding carboxylic acids is 1. The molecule has 1 saturated heterocycles. The zero-order valence-electron chi connectivity index (χ0n) is 17.6. The molecule has 33 heavy (non-hydrogen) atoms. The van der Waals surface area contributed by atoms with Crippen molar-refractivity contribution < 1.29 is 22.7 Å².